The first-order valence-corrected chi connectivity index (χ1v) is 6.34. The van der Waals surface area contributed by atoms with Crippen LogP contribution < -0.4 is 5.32 Å². The van der Waals surface area contributed by atoms with Crippen LogP contribution in [-0.2, 0) is 9.53 Å². The normalized spacial score (nSPS) is 23.4. The van der Waals surface area contributed by atoms with E-state index in [9.17, 15) is 4.79 Å². The summed E-state index contributed by atoms with van der Waals surface area (Å²) in [4.78, 5) is 12.2. The Bertz CT molecular complexity index is 499. The number of para-hydroxylation sites is 1. The molecule has 102 valence electrons. The van der Waals surface area contributed by atoms with Gasteiger partial charge in [0.05, 0.1) is 17.7 Å². The van der Waals surface area contributed by atoms with Gasteiger partial charge in [-0.25, -0.2) is 0 Å². The third kappa shape index (κ3) is 2.93. The first kappa shape index (κ1) is 13.5. The largest absolute Gasteiger partial charge is 0.411 e. The van der Waals surface area contributed by atoms with Crippen LogP contribution in [0.5, 0.6) is 0 Å². The quantitative estimate of drug-likeness (QED) is 0.498. The summed E-state index contributed by atoms with van der Waals surface area (Å²) in [5, 5.41) is 14.9. The zero-order chi connectivity index (χ0) is 13.8. The molecule has 1 aromatic rings. The van der Waals surface area contributed by atoms with E-state index in [4.69, 9.17) is 9.94 Å². The van der Waals surface area contributed by atoms with Crippen LogP contribution in [-0.4, -0.2) is 29.5 Å². The van der Waals surface area contributed by atoms with Crippen molar-refractivity contribution in [3.8, 4) is 0 Å². The molecule has 0 radical (unpaired) electrons. The number of hydrogen-bond donors (Lipinski definition) is 2. The fraction of sp³-hybridized carbons (Fsp3) is 0.429. The highest BCUT2D eigenvalue weighted by molar-refractivity contribution is 6.06. The van der Waals surface area contributed by atoms with E-state index in [-0.39, 0.29) is 17.9 Å². The van der Waals surface area contributed by atoms with E-state index in [1.165, 1.54) is 0 Å². The predicted molar refractivity (Wildman–Crippen MR) is 72.6 cm³/mol. The maximum atomic E-state index is 12.2. The maximum absolute atomic E-state index is 12.2. The van der Waals surface area contributed by atoms with Gasteiger partial charge in [-0.05, 0) is 26.3 Å². The molecule has 5 nitrogen and oxygen atoms in total. The second kappa shape index (κ2) is 5.84. The highest BCUT2D eigenvalue weighted by Crippen LogP contribution is 2.23. The van der Waals surface area contributed by atoms with Gasteiger partial charge in [-0.2, -0.15) is 0 Å². The van der Waals surface area contributed by atoms with Crippen LogP contribution in [0.2, 0.25) is 0 Å². The highest BCUT2D eigenvalue weighted by Gasteiger charge is 2.31. The molecule has 2 atom stereocenters. The second-order valence-electron chi connectivity index (χ2n) is 4.69. The molecule has 1 amide bonds. The molecule has 0 spiro atoms. The van der Waals surface area contributed by atoms with E-state index in [1.807, 2.05) is 19.1 Å². The first-order valence-electron chi connectivity index (χ1n) is 6.34. The molecule has 0 bridgehead atoms. The fourth-order valence-electron chi connectivity index (χ4n) is 2.26. The van der Waals surface area contributed by atoms with Crippen molar-refractivity contribution in [2.24, 2.45) is 11.1 Å². The molecular weight excluding hydrogens is 244 g/mol. The van der Waals surface area contributed by atoms with Crippen LogP contribution in [0.25, 0.3) is 0 Å². The molecule has 1 fully saturated rings. The van der Waals surface area contributed by atoms with Crippen molar-refractivity contribution >= 4 is 17.3 Å². The van der Waals surface area contributed by atoms with Gasteiger partial charge in [-0.15, -0.1) is 0 Å². The maximum Gasteiger partial charge on any atom is 0.230 e. The van der Waals surface area contributed by atoms with Crippen LogP contribution in [0.1, 0.15) is 25.8 Å². The lowest BCUT2D eigenvalue weighted by molar-refractivity contribution is -0.121. The van der Waals surface area contributed by atoms with Crippen molar-refractivity contribution in [3.05, 3.63) is 29.8 Å². The Balaban J connectivity index is 2.17. The summed E-state index contributed by atoms with van der Waals surface area (Å²) < 4.78 is 5.40. The number of rotatable bonds is 3. The van der Waals surface area contributed by atoms with Gasteiger partial charge in [0.2, 0.25) is 5.91 Å². The standard InChI is InChI=1S/C14H18N2O3/c1-9(16-18)11-5-3-4-6-13(11)15-14(17)12-7-8-19-10(12)2/h3-6,10,12,18H,7-8H2,1-2H3,(H,15,17). The molecule has 0 saturated carbocycles. The van der Waals surface area contributed by atoms with Crippen molar-refractivity contribution in [1.29, 1.82) is 0 Å². The SMILES string of the molecule is CC(=NO)c1ccccc1NC(=O)C1CCOC1C. The number of hydrogen-bond acceptors (Lipinski definition) is 4. The molecule has 19 heavy (non-hydrogen) atoms. The minimum absolute atomic E-state index is 0.0526. The average Bonchev–Trinajstić information content (AvgIpc) is 2.85. The number of nitrogens with one attached hydrogen (secondary N) is 1. The van der Waals surface area contributed by atoms with Crippen LogP contribution in [0.4, 0.5) is 5.69 Å². The van der Waals surface area contributed by atoms with E-state index in [0.29, 0.717) is 23.6 Å². The number of anilines is 1. The third-order valence-electron chi connectivity index (χ3n) is 3.44. The first-order chi connectivity index (χ1) is 9.13. The van der Waals surface area contributed by atoms with Gasteiger partial charge in [0.15, 0.2) is 0 Å². The summed E-state index contributed by atoms with van der Waals surface area (Å²) in [5.74, 6) is -0.178. The van der Waals surface area contributed by atoms with Crippen molar-refractivity contribution < 1.29 is 14.7 Å². The zero-order valence-electron chi connectivity index (χ0n) is 11.1. The summed E-state index contributed by atoms with van der Waals surface area (Å²) in [7, 11) is 0. The second-order valence-corrected chi connectivity index (χ2v) is 4.69. The van der Waals surface area contributed by atoms with Gasteiger partial charge >= 0.3 is 0 Å². The topological polar surface area (TPSA) is 70.9 Å². The van der Waals surface area contributed by atoms with Gasteiger partial charge in [0, 0.05) is 17.9 Å². The summed E-state index contributed by atoms with van der Waals surface area (Å²) in [6, 6.07) is 7.26. The summed E-state index contributed by atoms with van der Waals surface area (Å²) in [5.41, 5.74) is 1.83. The predicted octanol–water partition coefficient (Wildman–Crippen LogP) is 2.25. The summed E-state index contributed by atoms with van der Waals surface area (Å²) in [6.07, 6.45) is 0.683. The zero-order valence-corrected chi connectivity index (χ0v) is 11.1. The lowest BCUT2D eigenvalue weighted by atomic mass is 10.0. The van der Waals surface area contributed by atoms with Crippen molar-refractivity contribution in [1.82, 2.24) is 0 Å². The molecule has 1 aliphatic rings. The lowest BCUT2D eigenvalue weighted by Gasteiger charge is -2.16. The molecular formula is C14H18N2O3. The Morgan fingerprint density at radius 2 is 2.21 bits per heavy atom. The number of carbonyl (C=O) groups excluding carboxylic acids is 1. The monoisotopic (exact) mass is 262 g/mol. The van der Waals surface area contributed by atoms with Crippen LogP contribution >= 0.6 is 0 Å². The molecule has 2 N–H and O–H groups in total. The van der Waals surface area contributed by atoms with Crippen LogP contribution in [0.3, 0.4) is 0 Å². The molecule has 1 aliphatic heterocycles. The van der Waals surface area contributed by atoms with Gasteiger partial charge < -0.3 is 15.3 Å². The number of amides is 1. The summed E-state index contributed by atoms with van der Waals surface area (Å²) in [6.45, 7) is 4.22. The average molecular weight is 262 g/mol. The van der Waals surface area contributed by atoms with E-state index in [0.717, 1.165) is 6.42 Å². The Labute approximate surface area is 112 Å². The molecule has 1 aromatic carbocycles. The van der Waals surface area contributed by atoms with Gasteiger partial charge in [-0.3, -0.25) is 4.79 Å². The van der Waals surface area contributed by atoms with Gasteiger partial charge in [0.1, 0.15) is 0 Å². The molecule has 1 heterocycles. The number of benzene rings is 1. The fourth-order valence-corrected chi connectivity index (χ4v) is 2.26. The number of oxime groups is 1. The summed E-state index contributed by atoms with van der Waals surface area (Å²) >= 11 is 0. The highest BCUT2D eigenvalue weighted by atomic mass is 16.5. The third-order valence-corrected chi connectivity index (χ3v) is 3.44. The minimum Gasteiger partial charge on any atom is -0.411 e. The Kier molecular flexibility index (Phi) is 4.16. The molecule has 5 heteroatoms. The van der Waals surface area contributed by atoms with E-state index in [1.54, 1.807) is 19.1 Å². The number of carbonyl (C=O) groups is 1. The smallest absolute Gasteiger partial charge is 0.230 e. The van der Waals surface area contributed by atoms with Crippen LogP contribution in [0.15, 0.2) is 29.4 Å². The molecule has 2 unspecified atom stereocenters. The van der Waals surface area contributed by atoms with Crippen molar-refractivity contribution in [3.63, 3.8) is 0 Å². The lowest BCUT2D eigenvalue weighted by Crippen LogP contribution is -2.28. The number of ether oxygens (including phenoxy) is 1. The molecule has 1 saturated heterocycles. The molecule has 0 aliphatic carbocycles. The van der Waals surface area contributed by atoms with Crippen LogP contribution in [0, 0.1) is 5.92 Å². The molecule has 2 rings (SSSR count). The van der Waals surface area contributed by atoms with Gasteiger partial charge in [-0.1, -0.05) is 23.4 Å². The Morgan fingerprint density at radius 3 is 2.84 bits per heavy atom. The van der Waals surface area contributed by atoms with Crippen molar-refractivity contribution in [2.75, 3.05) is 11.9 Å². The Hall–Kier alpha value is -1.88. The van der Waals surface area contributed by atoms with Crippen molar-refractivity contribution in [2.45, 2.75) is 26.4 Å². The minimum atomic E-state index is -0.126. The van der Waals surface area contributed by atoms with E-state index in [2.05, 4.69) is 10.5 Å². The van der Waals surface area contributed by atoms with E-state index < -0.39 is 0 Å². The van der Waals surface area contributed by atoms with E-state index >= 15 is 0 Å². The Morgan fingerprint density at radius 1 is 1.47 bits per heavy atom. The van der Waals surface area contributed by atoms with Gasteiger partial charge in [0.25, 0.3) is 0 Å². The number of nitrogens with zero attached hydrogens (tertiary/aromatic N) is 1. The molecule has 0 aromatic heterocycles.